The minimum absolute atomic E-state index is 0.0617. The number of hydrogen-bond donors (Lipinski definition) is 3. The van der Waals surface area contributed by atoms with Crippen molar-refractivity contribution in [1.82, 2.24) is 25.4 Å². The number of rotatable bonds is 7. The second-order valence-corrected chi connectivity index (χ2v) is 9.41. The minimum Gasteiger partial charge on any atom is -0.361 e. The van der Waals surface area contributed by atoms with E-state index in [9.17, 15) is 9.59 Å². The summed E-state index contributed by atoms with van der Waals surface area (Å²) in [5.41, 5.74) is 2.20. The van der Waals surface area contributed by atoms with Crippen LogP contribution < -0.4 is 10.6 Å². The van der Waals surface area contributed by atoms with E-state index in [2.05, 4.69) is 50.0 Å². The van der Waals surface area contributed by atoms with Gasteiger partial charge >= 0.3 is 11.8 Å². The monoisotopic (exact) mass is 453 g/mol. The molecule has 2 amide bonds. The van der Waals surface area contributed by atoms with Crippen molar-refractivity contribution in [3.8, 4) is 0 Å². The van der Waals surface area contributed by atoms with Gasteiger partial charge in [0.15, 0.2) is 0 Å². The lowest BCUT2D eigenvalue weighted by atomic mass is 10.0. The predicted octanol–water partition coefficient (Wildman–Crippen LogP) is 2.38. The van der Waals surface area contributed by atoms with Gasteiger partial charge in [0.25, 0.3) is 0 Å². The van der Waals surface area contributed by atoms with E-state index in [0.717, 1.165) is 42.6 Å². The summed E-state index contributed by atoms with van der Waals surface area (Å²) in [4.78, 5) is 34.2. The largest absolute Gasteiger partial charge is 0.361 e. The number of fused-ring (bicyclic) bond motifs is 1. The van der Waals surface area contributed by atoms with Crippen LogP contribution in [0.3, 0.4) is 0 Å². The molecule has 3 heterocycles. The molecule has 1 aliphatic rings. The molecule has 7 nitrogen and oxygen atoms in total. The van der Waals surface area contributed by atoms with Crippen LogP contribution in [0.5, 0.6) is 0 Å². The molecule has 2 atom stereocenters. The normalized spacial score (nSPS) is 17.2. The highest BCUT2D eigenvalue weighted by atomic mass is 32.1. The van der Waals surface area contributed by atoms with Gasteiger partial charge in [-0.15, -0.1) is 11.3 Å². The Morgan fingerprint density at radius 2 is 1.88 bits per heavy atom. The molecule has 0 unspecified atom stereocenters. The SMILES string of the molecule is C[C@H](NC(=O)C(=O)NCCc1c[nH]c2ccccc12)[C@H](c1cccs1)N1CCN(C)CC1. The molecule has 1 aromatic carbocycles. The number of nitrogens with one attached hydrogen (secondary N) is 3. The first-order chi connectivity index (χ1) is 15.5. The van der Waals surface area contributed by atoms with Gasteiger partial charge in [-0.25, -0.2) is 0 Å². The van der Waals surface area contributed by atoms with E-state index < -0.39 is 11.8 Å². The first kappa shape index (κ1) is 22.5. The number of nitrogens with zero attached hydrogens (tertiary/aromatic N) is 2. The zero-order chi connectivity index (χ0) is 22.5. The molecule has 0 radical (unpaired) electrons. The lowest BCUT2D eigenvalue weighted by molar-refractivity contribution is -0.139. The number of piperazine rings is 1. The molecule has 1 aliphatic heterocycles. The second-order valence-electron chi connectivity index (χ2n) is 8.43. The fourth-order valence-electron chi connectivity index (χ4n) is 4.38. The number of aromatic amines is 1. The highest BCUT2D eigenvalue weighted by Gasteiger charge is 2.31. The summed E-state index contributed by atoms with van der Waals surface area (Å²) in [6, 6.07) is 12.1. The van der Waals surface area contributed by atoms with Gasteiger partial charge in [-0.1, -0.05) is 24.3 Å². The lowest BCUT2D eigenvalue weighted by Gasteiger charge is -2.40. The highest BCUT2D eigenvalue weighted by Crippen LogP contribution is 2.29. The maximum Gasteiger partial charge on any atom is 0.309 e. The third kappa shape index (κ3) is 5.20. The highest BCUT2D eigenvalue weighted by molar-refractivity contribution is 7.10. The van der Waals surface area contributed by atoms with Crippen molar-refractivity contribution in [2.45, 2.75) is 25.4 Å². The molecule has 0 aliphatic carbocycles. The molecule has 4 rings (SSSR count). The Balaban J connectivity index is 1.32. The van der Waals surface area contributed by atoms with Crippen LogP contribution in [0.4, 0.5) is 0 Å². The molecule has 32 heavy (non-hydrogen) atoms. The van der Waals surface area contributed by atoms with Crippen molar-refractivity contribution < 1.29 is 9.59 Å². The van der Waals surface area contributed by atoms with E-state index in [1.165, 1.54) is 4.88 Å². The maximum atomic E-state index is 12.6. The number of para-hydroxylation sites is 1. The zero-order valence-corrected chi connectivity index (χ0v) is 19.5. The number of carbonyl (C=O) groups is 2. The van der Waals surface area contributed by atoms with Crippen molar-refractivity contribution in [3.63, 3.8) is 0 Å². The van der Waals surface area contributed by atoms with Gasteiger partial charge in [-0.05, 0) is 43.5 Å². The zero-order valence-electron chi connectivity index (χ0n) is 18.6. The van der Waals surface area contributed by atoms with Crippen LogP contribution in [-0.2, 0) is 16.0 Å². The van der Waals surface area contributed by atoms with Gasteiger partial charge in [0, 0.05) is 60.7 Å². The summed E-state index contributed by atoms with van der Waals surface area (Å²) in [6.07, 6.45) is 2.62. The molecular formula is C24H31N5O2S. The summed E-state index contributed by atoms with van der Waals surface area (Å²) in [7, 11) is 2.13. The van der Waals surface area contributed by atoms with Crippen LogP contribution in [0.2, 0.25) is 0 Å². The number of amides is 2. The van der Waals surface area contributed by atoms with Crippen molar-refractivity contribution in [3.05, 3.63) is 58.4 Å². The molecule has 3 N–H and O–H groups in total. The number of aromatic nitrogens is 1. The summed E-state index contributed by atoms with van der Waals surface area (Å²) in [5, 5.41) is 8.92. The molecule has 0 saturated carbocycles. The van der Waals surface area contributed by atoms with Gasteiger partial charge in [0.2, 0.25) is 0 Å². The van der Waals surface area contributed by atoms with Crippen LogP contribution in [-0.4, -0.2) is 72.4 Å². The predicted molar refractivity (Wildman–Crippen MR) is 129 cm³/mol. The van der Waals surface area contributed by atoms with Gasteiger partial charge < -0.3 is 20.5 Å². The smallest absolute Gasteiger partial charge is 0.309 e. The average molecular weight is 454 g/mol. The number of benzene rings is 1. The molecule has 1 saturated heterocycles. The number of hydrogen-bond acceptors (Lipinski definition) is 5. The Hall–Kier alpha value is -2.68. The molecule has 1 fully saturated rings. The van der Waals surface area contributed by atoms with Gasteiger partial charge in [-0.2, -0.15) is 0 Å². The van der Waals surface area contributed by atoms with E-state index in [1.807, 2.05) is 37.4 Å². The molecule has 2 aromatic heterocycles. The maximum absolute atomic E-state index is 12.6. The Bertz CT molecular complexity index is 1040. The number of thiophene rings is 1. The molecule has 3 aromatic rings. The number of likely N-dealkylation sites (N-methyl/N-ethyl adjacent to an activating group) is 1. The first-order valence-corrected chi connectivity index (χ1v) is 12.0. The Morgan fingerprint density at radius 3 is 2.62 bits per heavy atom. The van der Waals surface area contributed by atoms with E-state index in [-0.39, 0.29) is 12.1 Å². The number of H-pyrrole nitrogens is 1. The van der Waals surface area contributed by atoms with E-state index in [1.54, 1.807) is 11.3 Å². The van der Waals surface area contributed by atoms with Crippen LogP contribution >= 0.6 is 11.3 Å². The summed E-state index contributed by atoms with van der Waals surface area (Å²) in [6.45, 7) is 6.27. The molecule has 170 valence electrons. The Kier molecular flexibility index (Phi) is 7.24. The third-order valence-corrected chi connectivity index (χ3v) is 7.10. The third-order valence-electron chi connectivity index (χ3n) is 6.16. The van der Waals surface area contributed by atoms with Crippen LogP contribution in [0, 0.1) is 0 Å². The van der Waals surface area contributed by atoms with E-state index in [0.29, 0.717) is 13.0 Å². The summed E-state index contributed by atoms with van der Waals surface area (Å²) in [5.74, 6) is -1.16. The fraction of sp³-hybridized carbons (Fsp3) is 0.417. The van der Waals surface area contributed by atoms with Crippen molar-refractivity contribution >= 4 is 34.1 Å². The Morgan fingerprint density at radius 1 is 1.09 bits per heavy atom. The quantitative estimate of drug-likeness (QED) is 0.480. The molecule has 0 spiro atoms. The van der Waals surface area contributed by atoms with Crippen LogP contribution in [0.15, 0.2) is 48.0 Å². The standard InChI is InChI=1S/C24H31N5O2S/c1-17(22(21-8-5-15-32-21)29-13-11-28(2)12-14-29)27-24(31)23(30)25-10-9-18-16-26-20-7-4-3-6-19(18)20/h3-8,15-17,22,26H,9-14H2,1-2H3,(H,25,30)(H,27,31)/t17-,22+/m0/s1. The van der Waals surface area contributed by atoms with Crippen LogP contribution in [0.25, 0.3) is 10.9 Å². The van der Waals surface area contributed by atoms with Crippen molar-refractivity contribution in [2.24, 2.45) is 0 Å². The summed E-state index contributed by atoms with van der Waals surface area (Å²) < 4.78 is 0. The first-order valence-electron chi connectivity index (χ1n) is 11.1. The van der Waals surface area contributed by atoms with Crippen molar-refractivity contribution in [2.75, 3.05) is 39.8 Å². The minimum atomic E-state index is -0.583. The Labute approximate surface area is 192 Å². The van der Waals surface area contributed by atoms with E-state index >= 15 is 0 Å². The lowest BCUT2D eigenvalue weighted by Crippen LogP contribution is -2.53. The van der Waals surface area contributed by atoms with E-state index in [4.69, 9.17) is 0 Å². The molecule has 0 bridgehead atoms. The second kappa shape index (κ2) is 10.3. The molecular weight excluding hydrogens is 422 g/mol. The van der Waals surface area contributed by atoms with Crippen molar-refractivity contribution in [1.29, 1.82) is 0 Å². The summed E-state index contributed by atoms with van der Waals surface area (Å²) >= 11 is 1.69. The van der Waals surface area contributed by atoms with Gasteiger partial charge in [0.05, 0.1) is 6.04 Å². The van der Waals surface area contributed by atoms with Gasteiger partial charge in [0.1, 0.15) is 0 Å². The number of carbonyl (C=O) groups excluding carboxylic acids is 2. The molecule has 8 heteroatoms. The topological polar surface area (TPSA) is 80.5 Å². The fourth-order valence-corrected chi connectivity index (χ4v) is 5.35. The van der Waals surface area contributed by atoms with Gasteiger partial charge in [-0.3, -0.25) is 14.5 Å². The van der Waals surface area contributed by atoms with Crippen LogP contribution in [0.1, 0.15) is 23.4 Å². The average Bonchev–Trinajstić information content (AvgIpc) is 3.46.